The van der Waals surface area contributed by atoms with Gasteiger partial charge < -0.3 is 10.6 Å². The highest BCUT2D eigenvalue weighted by atomic mass is 32.2. The summed E-state index contributed by atoms with van der Waals surface area (Å²) >= 11 is 1.37. The average Bonchev–Trinajstić information content (AvgIpc) is 3.17. The molecule has 0 unspecified atom stereocenters. The van der Waals surface area contributed by atoms with Crippen LogP contribution in [0.15, 0.2) is 41.6 Å². The second-order valence-corrected chi connectivity index (χ2v) is 8.78. The number of nitrogens with zero attached hydrogens (tertiary/aromatic N) is 5. The lowest BCUT2D eigenvalue weighted by Gasteiger charge is -2.32. The van der Waals surface area contributed by atoms with Gasteiger partial charge in [-0.25, -0.2) is 9.38 Å². The van der Waals surface area contributed by atoms with E-state index in [2.05, 4.69) is 52.4 Å². The molecule has 8 heteroatoms. The molecule has 0 spiro atoms. The minimum atomic E-state index is 0.143. The first kappa shape index (κ1) is 20.7. The van der Waals surface area contributed by atoms with Crippen LogP contribution in [0.4, 0.5) is 5.95 Å². The fourth-order valence-corrected chi connectivity index (χ4v) is 4.85. The summed E-state index contributed by atoms with van der Waals surface area (Å²) in [5.41, 5.74) is 9.10. The van der Waals surface area contributed by atoms with Crippen molar-refractivity contribution in [2.24, 2.45) is 5.92 Å². The van der Waals surface area contributed by atoms with Crippen LogP contribution in [0.25, 0.3) is 5.65 Å². The molecule has 1 fully saturated rings. The molecule has 30 heavy (non-hydrogen) atoms. The Morgan fingerprint density at radius 1 is 1.20 bits per heavy atom. The molecule has 158 valence electrons. The SMILES string of the molecule is CCCc1cc2nnc(SCC(=O)N3CCC(Cc4ccccc4)CC3)n2c(N)n1. The van der Waals surface area contributed by atoms with Crippen molar-refractivity contribution in [3.05, 3.63) is 47.7 Å². The topological polar surface area (TPSA) is 89.4 Å². The van der Waals surface area contributed by atoms with Gasteiger partial charge in [0.25, 0.3) is 0 Å². The van der Waals surface area contributed by atoms with Gasteiger partial charge in [0.15, 0.2) is 10.8 Å². The van der Waals surface area contributed by atoms with Gasteiger partial charge in [0.05, 0.1) is 5.75 Å². The van der Waals surface area contributed by atoms with E-state index in [-0.39, 0.29) is 5.91 Å². The number of aryl methyl sites for hydroxylation is 1. The predicted molar refractivity (Wildman–Crippen MR) is 119 cm³/mol. The summed E-state index contributed by atoms with van der Waals surface area (Å²) in [6.07, 6.45) is 5.05. The minimum Gasteiger partial charge on any atom is -0.369 e. The molecule has 0 radical (unpaired) electrons. The van der Waals surface area contributed by atoms with Gasteiger partial charge in [-0.05, 0) is 37.2 Å². The predicted octanol–water partition coefficient (Wildman–Crippen LogP) is 3.23. The first-order valence-corrected chi connectivity index (χ1v) is 11.6. The molecule has 4 rings (SSSR count). The van der Waals surface area contributed by atoms with Crippen LogP contribution in [-0.2, 0) is 17.6 Å². The highest BCUT2D eigenvalue weighted by Crippen LogP contribution is 2.24. The number of piperidine rings is 1. The Bertz CT molecular complexity index is 998. The smallest absolute Gasteiger partial charge is 0.233 e. The minimum absolute atomic E-state index is 0.143. The van der Waals surface area contributed by atoms with E-state index in [4.69, 9.17) is 5.73 Å². The number of thioether (sulfide) groups is 1. The summed E-state index contributed by atoms with van der Waals surface area (Å²) in [6, 6.07) is 12.5. The Morgan fingerprint density at radius 2 is 1.97 bits per heavy atom. The van der Waals surface area contributed by atoms with E-state index < -0.39 is 0 Å². The van der Waals surface area contributed by atoms with Crippen LogP contribution in [0.2, 0.25) is 0 Å². The van der Waals surface area contributed by atoms with Crippen LogP contribution >= 0.6 is 11.8 Å². The molecule has 0 bridgehead atoms. The van der Waals surface area contributed by atoms with Crippen molar-refractivity contribution in [3.63, 3.8) is 0 Å². The number of carbonyl (C=O) groups is 1. The third-order valence-corrected chi connectivity index (χ3v) is 6.52. The van der Waals surface area contributed by atoms with Gasteiger partial charge in [0, 0.05) is 24.8 Å². The van der Waals surface area contributed by atoms with Gasteiger partial charge in [0.1, 0.15) is 0 Å². The molecule has 1 aromatic carbocycles. The van der Waals surface area contributed by atoms with Crippen LogP contribution in [0.1, 0.15) is 37.4 Å². The van der Waals surface area contributed by atoms with Gasteiger partial charge in [-0.1, -0.05) is 55.4 Å². The average molecular weight is 425 g/mol. The number of carbonyl (C=O) groups excluding carboxylic acids is 1. The number of hydrogen-bond acceptors (Lipinski definition) is 6. The largest absolute Gasteiger partial charge is 0.369 e. The zero-order valence-corrected chi connectivity index (χ0v) is 18.1. The van der Waals surface area contributed by atoms with Gasteiger partial charge in [-0.3, -0.25) is 4.79 Å². The second kappa shape index (κ2) is 9.47. The normalized spacial score (nSPS) is 15.0. The number of benzene rings is 1. The van der Waals surface area contributed by atoms with Crippen molar-refractivity contribution in [2.75, 3.05) is 24.6 Å². The first-order chi connectivity index (χ1) is 14.6. The highest BCUT2D eigenvalue weighted by Gasteiger charge is 2.23. The number of anilines is 1. The van der Waals surface area contributed by atoms with Gasteiger partial charge in [-0.2, -0.15) is 0 Å². The Labute approximate surface area is 181 Å². The summed E-state index contributed by atoms with van der Waals surface area (Å²) in [4.78, 5) is 19.1. The molecule has 0 atom stereocenters. The van der Waals surface area contributed by atoms with Crippen LogP contribution in [0, 0.1) is 5.92 Å². The van der Waals surface area contributed by atoms with E-state index in [0.717, 1.165) is 50.9 Å². The maximum absolute atomic E-state index is 12.7. The fraction of sp³-hybridized carbons (Fsp3) is 0.455. The summed E-state index contributed by atoms with van der Waals surface area (Å²) in [6.45, 7) is 3.74. The molecule has 1 aliphatic heterocycles. The van der Waals surface area contributed by atoms with Crippen molar-refractivity contribution in [3.8, 4) is 0 Å². The summed E-state index contributed by atoms with van der Waals surface area (Å²) in [5, 5.41) is 9.04. The van der Waals surface area contributed by atoms with E-state index in [1.54, 1.807) is 4.40 Å². The number of rotatable bonds is 7. The number of aromatic nitrogens is 4. The van der Waals surface area contributed by atoms with Gasteiger partial charge in [0.2, 0.25) is 11.9 Å². The molecule has 0 saturated carbocycles. The van der Waals surface area contributed by atoms with Crippen molar-refractivity contribution < 1.29 is 4.79 Å². The third kappa shape index (κ3) is 4.75. The van der Waals surface area contributed by atoms with Crippen molar-refractivity contribution in [1.29, 1.82) is 0 Å². The molecular weight excluding hydrogens is 396 g/mol. The first-order valence-electron chi connectivity index (χ1n) is 10.6. The highest BCUT2D eigenvalue weighted by molar-refractivity contribution is 7.99. The third-order valence-electron chi connectivity index (χ3n) is 5.61. The molecule has 0 aliphatic carbocycles. The van der Waals surface area contributed by atoms with E-state index in [0.29, 0.717) is 28.4 Å². The summed E-state index contributed by atoms with van der Waals surface area (Å²) < 4.78 is 1.73. The second-order valence-electron chi connectivity index (χ2n) is 7.83. The quantitative estimate of drug-likeness (QED) is 0.586. The Morgan fingerprint density at radius 3 is 2.70 bits per heavy atom. The number of likely N-dealkylation sites (tertiary alicyclic amines) is 1. The molecule has 2 N–H and O–H groups in total. The van der Waals surface area contributed by atoms with E-state index in [1.807, 2.05) is 11.0 Å². The van der Waals surface area contributed by atoms with Crippen LogP contribution < -0.4 is 5.73 Å². The lowest BCUT2D eigenvalue weighted by atomic mass is 9.90. The maximum atomic E-state index is 12.7. The molecule has 3 aromatic rings. The van der Waals surface area contributed by atoms with E-state index in [1.165, 1.54) is 17.3 Å². The Hall–Kier alpha value is -2.61. The number of nitrogens with two attached hydrogens (primary N) is 1. The zero-order chi connectivity index (χ0) is 20.9. The fourth-order valence-electron chi connectivity index (χ4n) is 4.00. The number of amides is 1. The zero-order valence-electron chi connectivity index (χ0n) is 17.3. The van der Waals surface area contributed by atoms with Crippen LogP contribution in [0.3, 0.4) is 0 Å². The van der Waals surface area contributed by atoms with Crippen molar-refractivity contribution in [2.45, 2.75) is 44.2 Å². The Kier molecular flexibility index (Phi) is 6.52. The number of nitrogen functional groups attached to an aromatic ring is 1. The van der Waals surface area contributed by atoms with Gasteiger partial charge in [-0.15, -0.1) is 10.2 Å². The standard InChI is InChI=1S/C22H28N6OS/c1-2-6-18-14-19-25-26-22(28(19)21(23)24-18)30-15-20(29)27-11-9-17(10-12-27)13-16-7-4-3-5-8-16/h3-5,7-8,14,17H,2,6,9-13,15H2,1H3,(H2,23,24). The molecule has 3 heterocycles. The molecule has 7 nitrogen and oxygen atoms in total. The molecule has 1 saturated heterocycles. The lowest BCUT2D eigenvalue weighted by Crippen LogP contribution is -2.39. The van der Waals surface area contributed by atoms with E-state index in [9.17, 15) is 4.79 Å². The monoisotopic (exact) mass is 424 g/mol. The van der Waals surface area contributed by atoms with E-state index >= 15 is 0 Å². The molecule has 1 aliphatic rings. The number of fused-ring (bicyclic) bond motifs is 1. The van der Waals surface area contributed by atoms with Crippen LogP contribution in [-0.4, -0.2) is 49.2 Å². The molecule has 2 aromatic heterocycles. The van der Waals surface area contributed by atoms with Crippen molar-refractivity contribution >= 4 is 29.3 Å². The van der Waals surface area contributed by atoms with Crippen molar-refractivity contribution in [1.82, 2.24) is 24.5 Å². The summed E-state index contributed by atoms with van der Waals surface area (Å²) in [7, 11) is 0. The molecular formula is C22H28N6OS. The maximum Gasteiger partial charge on any atom is 0.233 e. The summed E-state index contributed by atoms with van der Waals surface area (Å²) in [5.74, 6) is 1.50. The number of hydrogen-bond donors (Lipinski definition) is 1. The molecule has 1 amide bonds. The Balaban J connectivity index is 1.31. The van der Waals surface area contributed by atoms with Gasteiger partial charge >= 0.3 is 0 Å². The lowest BCUT2D eigenvalue weighted by molar-refractivity contribution is -0.129. The van der Waals surface area contributed by atoms with Crippen LogP contribution in [0.5, 0.6) is 0 Å².